The van der Waals surface area contributed by atoms with E-state index < -0.39 is 49.1 Å². The number of anilines is 2. The second-order valence-corrected chi connectivity index (χ2v) is 9.41. The van der Waals surface area contributed by atoms with Crippen LogP contribution < -0.4 is 11.5 Å². The second kappa shape index (κ2) is 10.7. The molecule has 0 spiro atoms. The summed E-state index contributed by atoms with van der Waals surface area (Å²) in [7, 11) is 0. The summed E-state index contributed by atoms with van der Waals surface area (Å²) in [5.74, 6) is 0.374. The lowest BCUT2D eigenvalue weighted by molar-refractivity contribution is -0.0858. The number of rotatable bonds is 9. The van der Waals surface area contributed by atoms with Crippen LogP contribution in [0.1, 0.15) is 12.5 Å². The summed E-state index contributed by atoms with van der Waals surface area (Å²) in [5, 5.41) is 42.0. The van der Waals surface area contributed by atoms with Gasteiger partial charge in [-0.2, -0.15) is 0 Å². The second-order valence-electron chi connectivity index (χ2n) is 9.41. The van der Waals surface area contributed by atoms with Gasteiger partial charge >= 0.3 is 0 Å². The molecule has 0 saturated carbocycles. The first-order valence-corrected chi connectivity index (χ1v) is 12.4. The van der Waals surface area contributed by atoms with E-state index in [-0.39, 0.29) is 38.1 Å². The number of hydrogen-bond acceptors (Lipinski definition) is 16. The van der Waals surface area contributed by atoms with Crippen LogP contribution in [0.15, 0.2) is 25.3 Å². The highest BCUT2D eigenvalue weighted by Crippen LogP contribution is 2.33. The lowest BCUT2D eigenvalue weighted by Crippen LogP contribution is -2.35. The Labute approximate surface area is 225 Å². The van der Waals surface area contributed by atoms with Gasteiger partial charge in [0.25, 0.3) is 0 Å². The summed E-state index contributed by atoms with van der Waals surface area (Å²) in [4.78, 5) is 24.3. The fraction of sp³-hybridized carbons (Fsp3) is 0.545. The van der Waals surface area contributed by atoms with Crippen LogP contribution in [0.3, 0.4) is 0 Å². The van der Waals surface area contributed by atoms with Crippen molar-refractivity contribution in [2.75, 3.05) is 37.9 Å². The van der Waals surface area contributed by atoms with Gasteiger partial charge in [-0.3, -0.25) is 9.13 Å². The Morgan fingerprint density at radius 3 is 1.50 bits per heavy atom. The molecule has 2 aliphatic rings. The van der Waals surface area contributed by atoms with Crippen LogP contribution in [0, 0.1) is 0 Å². The molecule has 4 aromatic rings. The number of nitrogens with zero attached hydrogens (tertiary/aromatic N) is 8. The highest BCUT2D eigenvalue weighted by atomic mass is 16.6. The number of fused-ring (bicyclic) bond motifs is 2. The van der Waals surface area contributed by atoms with Crippen molar-refractivity contribution < 1.29 is 39.4 Å². The van der Waals surface area contributed by atoms with Crippen LogP contribution in [0.2, 0.25) is 0 Å². The smallest absolute Gasteiger partial charge is 0.167 e. The predicted molar refractivity (Wildman–Crippen MR) is 133 cm³/mol. The van der Waals surface area contributed by atoms with E-state index in [1.165, 1.54) is 34.4 Å². The maximum atomic E-state index is 10.5. The molecule has 2 fully saturated rings. The Morgan fingerprint density at radius 2 is 1.07 bits per heavy atom. The maximum absolute atomic E-state index is 10.5. The summed E-state index contributed by atoms with van der Waals surface area (Å²) < 4.78 is 25.8. The highest BCUT2D eigenvalue weighted by molar-refractivity contribution is 5.81. The number of nitrogens with two attached hydrogens (primary N) is 2. The van der Waals surface area contributed by atoms with Crippen molar-refractivity contribution in [2.45, 2.75) is 49.1 Å². The van der Waals surface area contributed by atoms with Crippen LogP contribution in [0.4, 0.5) is 11.6 Å². The van der Waals surface area contributed by atoms with Crippen LogP contribution in [0.5, 0.6) is 0 Å². The Bertz CT molecular complexity index is 1370. The number of aromatic nitrogens is 8. The van der Waals surface area contributed by atoms with E-state index in [1.807, 2.05) is 0 Å². The average molecular weight is 561 g/mol. The number of imidazole rings is 2. The summed E-state index contributed by atoms with van der Waals surface area (Å²) in [6, 6.07) is 0. The molecule has 0 unspecified atom stereocenters. The average Bonchev–Trinajstić information content (AvgIpc) is 3.70. The van der Waals surface area contributed by atoms with E-state index in [9.17, 15) is 20.4 Å². The zero-order valence-corrected chi connectivity index (χ0v) is 20.9. The van der Waals surface area contributed by atoms with Crippen molar-refractivity contribution in [3.05, 3.63) is 25.3 Å². The van der Waals surface area contributed by atoms with E-state index in [2.05, 4.69) is 29.9 Å². The molecule has 6 rings (SSSR count). The fourth-order valence-electron chi connectivity index (χ4n) is 4.82. The van der Waals surface area contributed by atoms with Gasteiger partial charge in [-0.15, -0.1) is 0 Å². The predicted octanol–water partition coefficient (Wildman–Crippen LogP) is -2.90. The molecule has 18 nitrogen and oxygen atoms in total. The summed E-state index contributed by atoms with van der Waals surface area (Å²) in [6.07, 6.45) is -3.13. The van der Waals surface area contributed by atoms with Crippen molar-refractivity contribution in [1.82, 2.24) is 39.0 Å². The molecule has 0 bridgehead atoms. The maximum Gasteiger partial charge on any atom is 0.167 e. The number of aliphatic hydroxyl groups is 4. The van der Waals surface area contributed by atoms with Crippen LogP contribution in [0.25, 0.3) is 22.3 Å². The summed E-state index contributed by atoms with van der Waals surface area (Å²) in [5.41, 5.74) is 13.1. The number of nitrogen functional groups attached to an aromatic ring is 2. The third-order valence-electron chi connectivity index (χ3n) is 6.93. The number of hydrogen-bond donors (Lipinski definition) is 6. The molecular formula is C22H28N10O8. The van der Waals surface area contributed by atoms with E-state index in [1.54, 1.807) is 0 Å². The molecule has 2 saturated heterocycles. The molecule has 0 amide bonds. The first-order chi connectivity index (χ1) is 19.3. The van der Waals surface area contributed by atoms with Gasteiger partial charge in [-0.05, 0) is 0 Å². The van der Waals surface area contributed by atoms with Gasteiger partial charge in [0, 0.05) is 0 Å². The third-order valence-corrected chi connectivity index (χ3v) is 6.93. The van der Waals surface area contributed by atoms with E-state index >= 15 is 0 Å². The van der Waals surface area contributed by atoms with Crippen molar-refractivity contribution in [3.8, 4) is 0 Å². The number of ether oxygens (including phenoxy) is 4. The molecule has 6 heterocycles. The Morgan fingerprint density at radius 1 is 0.650 bits per heavy atom. The summed E-state index contributed by atoms with van der Waals surface area (Å²) >= 11 is 0. The Hall–Kier alpha value is -3.62. The largest absolute Gasteiger partial charge is 0.387 e. The molecule has 8 atom stereocenters. The van der Waals surface area contributed by atoms with Crippen LogP contribution in [-0.2, 0) is 18.9 Å². The van der Waals surface area contributed by atoms with Crippen molar-refractivity contribution in [1.29, 1.82) is 0 Å². The Kier molecular flexibility index (Phi) is 7.15. The SMILES string of the molecule is Nc1ncnc2c1ncn2[C@@H]1O[C@H](COCCOC[C@H]2O[C@@H](n3cnc4c(N)ncnc43)[C@H](O)[C@@H]2O)[C@@H](O)[C@H]1O. The first kappa shape index (κ1) is 26.6. The molecule has 40 heavy (non-hydrogen) atoms. The van der Waals surface area contributed by atoms with E-state index in [0.29, 0.717) is 22.3 Å². The van der Waals surface area contributed by atoms with E-state index in [4.69, 9.17) is 30.4 Å². The molecule has 0 radical (unpaired) electrons. The standard InChI is InChI=1S/C22H28N10O8/c23-17-11-19(27-5-25-17)31(7-29-11)21-15(35)13(33)9(39-21)3-37-1-2-38-4-10-14(34)16(36)22(40-10)32-8-30-12-18(24)26-6-28-20(12)32/h5-10,13-16,21-22,33-36H,1-4H2,(H2,23,25,27)(H2,24,26,28)/t9-,10-,13-,14-,15-,16-,21-,22-/m1/s1. The van der Waals surface area contributed by atoms with Gasteiger partial charge in [-0.25, -0.2) is 29.9 Å². The van der Waals surface area contributed by atoms with Gasteiger partial charge in [0.05, 0.1) is 39.1 Å². The zero-order chi connectivity index (χ0) is 28.0. The minimum atomic E-state index is -1.26. The topological polar surface area (TPSA) is 257 Å². The quantitative estimate of drug-likeness (QED) is 0.112. The monoisotopic (exact) mass is 560 g/mol. The lowest BCUT2D eigenvalue weighted by Gasteiger charge is -2.17. The van der Waals surface area contributed by atoms with Crippen LogP contribution >= 0.6 is 0 Å². The highest BCUT2D eigenvalue weighted by Gasteiger charge is 2.45. The van der Waals surface area contributed by atoms with Crippen LogP contribution in [-0.4, -0.2) is 123 Å². The third kappa shape index (κ3) is 4.59. The van der Waals surface area contributed by atoms with Gasteiger partial charge in [0.1, 0.15) is 60.3 Å². The molecule has 0 aliphatic carbocycles. The van der Waals surface area contributed by atoms with Gasteiger partial charge in [0.15, 0.2) is 35.4 Å². The fourth-order valence-corrected chi connectivity index (χ4v) is 4.82. The van der Waals surface area contributed by atoms with Gasteiger partial charge in [0.2, 0.25) is 0 Å². The van der Waals surface area contributed by atoms with E-state index in [0.717, 1.165) is 0 Å². The van der Waals surface area contributed by atoms with Gasteiger partial charge in [-0.1, -0.05) is 0 Å². The van der Waals surface area contributed by atoms with Gasteiger partial charge < -0.3 is 50.8 Å². The first-order valence-electron chi connectivity index (χ1n) is 12.4. The molecular weight excluding hydrogens is 532 g/mol. The molecule has 4 aromatic heterocycles. The molecule has 0 aromatic carbocycles. The summed E-state index contributed by atoms with van der Waals surface area (Å²) in [6.45, 7) is 0.207. The molecule has 8 N–H and O–H groups in total. The Balaban J connectivity index is 0.972. The molecule has 214 valence electrons. The zero-order valence-electron chi connectivity index (χ0n) is 20.9. The lowest BCUT2D eigenvalue weighted by atomic mass is 10.1. The minimum Gasteiger partial charge on any atom is -0.387 e. The van der Waals surface area contributed by atoms with Crippen molar-refractivity contribution >= 4 is 34.0 Å². The number of aliphatic hydroxyl groups excluding tert-OH is 4. The van der Waals surface area contributed by atoms with Crippen molar-refractivity contribution in [3.63, 3.8) is 0 Å². The van der Waals surface area contributed by atoms with Crippen molar-refractivity contribution in [2.24, 2.45) is 0 Å². The molecule has 18 heteroatoms. The molecule has 2 aliphatic heterocycles. The minimum absolute atomic E-state index is 0.0239. The normalized spacial score (nSPS) is 30.6.